The normalized spacial score (nSPS) is 14.3. The third kappa shape index (κ3) is 5.39. The van der Waals surface area contributed by atoms with Crippen LogP contribution in [0.3, 0.4) is 0 Å². The van der Waals surface area contributed by atoms with E-state index in [9.17, 15) is 17.6 Å². The first-order valence-electron chi connectivity index (χ1n) is 11.5. The van der Waals surface area contributed by atoms with Gasteiger partial charge in [-0.1, -0.05) is 17.7 Å². The van der Waals surface area contributed by atoms with Crippen LogP contribution in [-0.2, 0) is 16.4 Å². The number of nitrogens with zero attached hydrogens (tertiary/aromatic N) is 1. The van der Waals surface area contributed by atoms with E-state index >= 15 is 0 Å². The van der Waals surface area contributed by atoms with Crippen molar-refractivity contribution < 1.29 is 17.6 Å². The number of halogens is 2. The summed E-state index contributed by atoms with van der Waals surface area (Å²) in [6.07, 6.45) is 3.74. The molecular formula is C26H28ClFN2O3S2. The molecule has 35 heavy (non-hydrogen) atoms. The maximum atomic E-state index is 13.4. The van der Waals surface area contributed by atoms with Crippen molar-refractivity contribution in [1.29, 1.82) is 0 Å². The first-order valence-corrected chi connectivity index (χ1v) is 14.3. The number of carbonyl (C=O) groups excluding carboxylic acids is 1. The van der Waals surface area contributed by atoms with E-state index in [1.54, 1.807) is 11.4 Å². The van der Waals surface area contributed by atoms with E-state index in [2.05, 4.69) is 29.5 Å². The number of hydrogen-bond donors (Lipinski definition) is 1. The number of ketones is 1. The highest BCUT2D eigenvalue weighted by Gasteiger charge is 2.25. The van der Waals surface area contributed by atoms with E-state index in [4.69, 9.17) is 11.6 Å². The molecular weight excluding hydrogens is 507 g/mol. The van der Waals surface area contributed by atoms with Crippen LogP contribution in [0.15, 0.2) is 40.6 Å². The number of carbonyl (C=O) groups is 1. The molecule has 0 bridgehead atoms. The Balaban J connectivity index is 1.61. The van der Waals surface area contributed by atoms with Crippen LogP contribution in [0.5, 0.6) is 0 Å². The zero-order chi connectivity index (χ0) is 25.3. The van der Waals surface area contributed by atoms with Gasteiger partial charge in [-0.05, 0) is 91.9 Å². The summed E-state index contributed by atoms with van der Waals surface area (Å²) in [7, 11) is -4.10. The largest absolute Gasteiger partial charge is 0.371 e. The maximum absolute atomic E-state index is 13.4. The minimum absolute atomic E-state index is 0.164. The quantitative estimate of drug-likeness (QED) is 0.343. The molecule has 0 amide bonds. The number of benzene rings is 2. The smallest absolute Gasteiger partial charge is 0.263 e. The highest BCUT2D eigenvalue weighted by molar-refractivity contribution is 7.92. The highest BCUT2D eigenvalue weighted by atomic mass is 35.5. The van der Waals surface area contributed by atoms with Crippen LogP contribution in [0.1, 0.15) is 51.2 Å². The number of nitrogens with one attached hydrogen (secondary N) is 1. The van der Waals surface area contributed by atoms with Gasteiger partial charge in [0.1, 0.15) is 10.7 Å². The SMILES string of the molecule is Cc1cc(C)c(N2CCCCC2)c(C)c1CC(=O)c1sccc1NS(=O)(=O)c1ccc(F)cc1Cl. The van der Waals surface area contributed by atoms with Gasteiger partial charge in [0.2, 0.25) is 0 Å². The van der Waals surface area contributed by atoms with Gasteiger partial charge in [-0.2, -0.15) is 0 Å². The Hall–Kier alpha value is -2.42. The van der Waals surface area contributed by atoms with Crippen molar-refractivity contribution >= 4 is 50.1 Å². The second-order valence-corrected chi connectivity index (χ2v) is 11.9. The van der Waals surface area contributed by atoms with E-state index in [1.807, 2.05) is 6.92 Å². The predicted molar refractivity (Wildman–Crippen MR) is 141 cm³/mol. The van der Waals surface area contributed by atoms with Gasteiger partial charge in [0.05, 0.1) is 15.6 Å². The molecule has 4 rings (SSSR count). The first-order chi connectivity index (χ1) is 16.6. The number of hydrogen-bond acceptors (Lipinski definition) is 5. The molecule has 5 nitrogen and oxygen atoms in total. The summed E-state index contributed by atoms with van der Waals surface area (Å²) < 4.78 is 41.6. The Kier molecular flexibility index (Phi) is 7.54. The summed E-state index contributed by atoms with van der Waals surface area (Å²) in [4.78, 5) is 15.9. The molecule has 1 N–H and O–H groups in total. The van der Waals surface area contributed by atoms with Gasteiger partial charge in [-0.25, -0.2) is 12.8 Å². The first kappa shape index (κ1) is 25.7. The van der Waals surface area contributed by atoms with Crippen molar-refractivity contribution in [3.63, 3.8) is 0 Å². The van der Waals surface area contributed by atoms with Gasteiger partial charge in [0.25, 0.3) is 10.0 Å². The molecule has 1 saturated heterocycles. The number of anilines is 2. The molecule has 0 aliphatic carbocycles. The lowest BCUT2D eigenvalue weighted by molar-refractivity contribution is 0.0997. The lowest BCUT2D eigenvalue weighted by atomic mass is 9.92. The number of Topliss-reactive ketones (excluding diaryl/α,β-unsaturated/α-hetero) is 1. The van der Waals surface area contributed by atoms with E-state index in [-0.39, 0.29) is 27.8 Å². The Morgan fingerprint density at radius 1 is 1.09 bits per heavy atom. The summed E-state index contributed by atoms with van der Waals surface area (Å²) in [5.41, 5.74) is 5.74. The van der Waals surface area contributed by atoms with Crippen LogP contribution >= 0.6 is 22.9 Å². The fraction of sp³-hybridized carbons (Fsp3) is 0.346. The summed E-state index contributed by atoms with van der Waals surface area (Å²) in [6, 6.07) is 6.77. The van der Waals surface area contributed by atoms with E-state index in [0.717, 1.165) is 60.8 Å². The van der Waals surface area contributed by atoms with Gasteiger partial charge < -0.3 is 4.90 Å². The molecule has 0 radical (unpaired) electrons. The van der Waals surface area contributed by atoms with Gasteiger partial charge in [-0.3, -0.25) is 9.52 Å². The monoisotopic (exact) mass is 534 g/mol. The molecule has 0 saturated carbocycles. The Morgan fingerprint density at radius 2 is 1.80 bits per heavy atom. The number of thiophene rings is 1. The van der Waals surface area contributed by atoms with Crippen molar-refractivity contribution in [1.82, 2.24) is 0 Å². The zero-order valence-electron chi connectivity index (χ0n) is 20.0. The van der Waals surface area contributed by atoms with Crippen molar-refractivity contribution in [3.8, 4) is 0 Å². The summed E-state index contributed by atoms with van der Waals surface area (Å²) in [5, 5.41) is 1.45. The Morgan fingerprint density at radius 3 is 2.49 bits per heavy atom. The third-order valence-corrected chi connectivity index (χ3v) is 9.25. The second-order valence-electron chi connectivity index (χ2n) is 8.95. The Bertz CT molecular complexity index is 1380. The lowest BCUT2D eigenvalue weighted by Crippen LogP contribution is -2.31. The molecule has 186 valence electrons. The maximum Gasteiger partial charge on any atom is 0.263 e. The number of piperidine rings is 1. The average Bonchev–Trinajstić information content (AvgIpc) is 3.24. The average molecular weight is 535 g/mol. The molecule has 1 aliphatic heterocycles. The predicted octanol–water partition coefficient (Wildman–Crippen LogP) is 6.68. The molecule has 0 unspecified atom stereocenters. The van der Waals surface area contributed by atoms with Crippen LogP contribution in [-0.4, -0.2) is 27.3 Å². The van der Waals surface area contributed by atoms with Crippen LogP contribution < -0.4 is 9.62 Å². The molecule has 2 aromatic carbocycles. The van der Waals surface area contributed by atoms with Crippen molar-refractivity contribution in [2.45, 2.75) is 51.3 Å². The fourth-order valence-corrected chi connectivity index (χ4v) is 7.29. The molecule has 1 fully saturated rings. The van der Waals surface area contributed by atoms with Crippen LogP contribution in [0, 0.1) is 26.6 Å². The lowest BCUT2D eigenvalue weighted by Gasteiger charge is -2.33. The Labute approximate surface area is 215 Å². The summed E-state index contributed by atoms with van der Waals surface area (Å²) in [5.74, 6) is -0.796. The number of aryl methyl sites for hydroxylation is 2. The molecule has 0 atom stereocenters. The standard InChI is InChI=1S/C26H28ClFN2O3S2/c1-16-13-17(2)25(30-10-5-4-6-11-30)18(3)20(16)15-23(31)26-22(9-12-34-26)29-35(32,33)24-8-7-19(28)14-21(24)27/h7-9,12-14,29H,4-6,10-11,15H2,1-3H3. The summed E-state index contributed by atoms with van der Waals surface area (Å²) in [6.45, 7) is 8.22. The van der Waals surface area contributed by atoms with Crippen molar-refractivity contribution in [2.24, 2.45) is 0 Å². The minimum atomic E-state index is -4.10. The van der Waals surface area contributed by atoms with Crippen LogP contribution in [0.4, 0.5) is 15.8 Å². The fourth-order valence-electron chi connectivity index (χ4n) is 4.83. The zero-order valence-corrected chi connectivity index (χ0v) is 22.3. The van der Waals surface area contributed by atoms with Crippen molar-refractivity contribution in [3.05, 3.63) is 73.7 Å². The third-order valence-electron chi connectivity index (χ3n) is 6.45. The van der Waals surface area contributed by atoms with Gasteiger partial charge >= 0.3 is 0 Å². The summed E-state index contributed by atoms with van der Waals surface area (Å²) >= 11 is 7.15. The molecule has 0 spiro atoms. The molecule has 1 aliphatic rings. The molecule has 9 heteroatoms. The van der Waals surface area contributed by atoms with E-state index < -0.39 is 15.8 Å². The van der Waals surface area contributed by atoms with Gasteiger partial charge in [-0.15, -0.1) is 11.3 Å². The number of sulfonamides is 1. The van der Waals surface area contributed by atoms with E-state index in [1.165, 1.54) is 29.0 Å². The minimum Gasteiger partial charge on any atom is -0.371 e. The topological polar surface area (TPSA) is 66.5 Å². The second kappa shape index (κ2) is 10.3. The van der Waals surface area contributed by atoms with Crippen molar-refractivity contribution in [2.75, 3.05) is 22.7 Å². The van der Waals surface area contributed by atoms with Crippen LogP contribution in [0.25, 0.3) is 0 Å². The van der Waals surface area contributed by atoms with Gasteiger partial charge in [0.15, 0.2) is 5.78 Å². The highest BCUT2D eigenvalue weighted by Crippen LogP contribution is 2.34. The molecule has 1 aromatic heterocycles. The van der Waals surface area contributed by atoms with E-state index in [0.29, 0.717) is 4.88 Å². The number of rotatable bonds is 7. The molecule has 3 aromatic rings. The molecule has 2 heterocycles. The van der Waals surface area contributed by atoms with Gasteiger partial charge in [0, 0.05) is 25.2 Å². The van der Waals surface area contributed by atoms with Crippen LogP contribution in [0.2, 0.25) is 5.02 Å².